The minimum atomic E-state index is -0.873. The molecule has 8 rings (SSSR count). The second-order valence-corrected chi connectivity index (χ2v) is 12.7. The van der Waals surface area contributed by atoms with Gasteiger partial charge in [-0.2, -0.15) is 0 Å². The summed E-state index contributed by atoms with van der Waals surface area (Å²) in [6, 6.07) is 4.86. The predicted octanol–water partition coefficient (Wildman–Crippen LogP) is 3.35. The number of benzene rings is 1. The van der Waals surface area contributed by atoms with Crippen LogP contribution < -0.4 is 14.8 Å². The van der Waals surface area contributed by atoms with Gasteiger partial charge in [0.15, 0.2) is 11.5 Å². The lowest BCUT2D eigenvalue weighted by atomic mass is 9.38. The molecule has 2 N–H and O–H groups in total. The average Bonchev–Trinajstić information content (AvgIpc) is 3.20. The van der Waals surface area contributed by atoms with Gasteiger partial charge in [0.2, 0.25) is 0 Å². The number of ether oxygens (including phenoxy) is 3. The van der Waals surface area contributed by atoms with E-state index in [1.807, 2.05) is 14.0 Å². The topological polar surface area (TPSA) is 69.9 Å². The maximum atomic E-state index is 12.0. The first-order chi connectivity index (χ1) is 14.5. The van der Waals surface area contributed by atoms with E-state index in [2.05, 4.69) is 38.2 Å². The fraction of sp³-hybridized carbons (Fsp3) is 0.769. The van der Waals surface area contributed by atoms with Crippen molar-refractivity contribution in [2.75, 3.05) is 14.2 Å². The monoisotopic (exact) mass is 425 g/mol. The van der Waals surface area contributed by atoms with Crippen molar-refractivity contribution in [1.82, 2.24) is 5.32 Å². The fourth-order valence-electron chi connectivity index (χ4n) is 9.39. The highest BCUT2D eigenvalue weighted by molar-refractivity contribution is 5.67. The standard InChI is InChI=1S/C26H35NO4/c1-21(2,3)22(4,28)16-12-23-9-10-26(16,30-6)20-25(23)13-24(19(23)27-24)11-14-7-8-15(29-5)18(31-20)17(14)25/h7-8,16,19-20,27-28H,9-13H2,1-6H3/t16?,19?,20?,22?,23?,24-,25+,26?/m1/s1. The molecule has 1 saturated heterocycles. The van der Waals surface area contributed by atoms with Gasteiger partial charge in [-0.05, 0) is 56.1 Å². The van der Waals surface area contributed by atoms with Crippen molar-refractivity contribution in [3.05, 3.63) is 23.3 Å². The van der Waals surface area contributed by atoms with E-state index < -0.39 is 11.2 Å². The molecule has 4 saturated carbocycles. The van der Waals surface area contributed by atoms with Gasteiger partial charge in [0.1, 0.15) is 11.7 Å². The summed E-state index contributed by atoms with van der Waals surface area (Å²) in [7, 11) is 3.58. The van der Waals surface area contributed by atoms with Gasteiger partial charge in [-0.3, -0.25) is 0 Å². The van der Waals surface area contributed by atoms with Gasteiger partial charge >= 0.3 is 0 Å². The van der Waals surface area contributed by atoms with Crippen LogP contribution in [0, 0.1) is 16.7 Å². The number of hydrogen-bond donors (Lipinski definition) is 2. The summed E-state index contributed by atoms with van der Waals surface area (Å²) < 4.78 is 19.3. The second-order valence-electron chi connectivity index (χ2n) is 12.7. The Hall–Kier alpha value is -1.30. The number of hydrogen-bond acceptors (Lipinski definition) is 5. The molecular weight excluding hydrogens is 390 g/mol. The summed E-state index contributed by atoms with van der Waals surface area (Å²) in [5.74, 6) is 1.80. The Balaban J connectivity index is 1.52. The van der Waals surface area contributed by atoms with Gasteiger partial charge in [0, 0.05) is 41.0 Å². The van der Waals surface area contributed by atoms with Gasteiger partial charge in [0.05, 0.1) is 12.7 Å². The summed E-state index contributed by atoms with van der Waals surface area (Å²) in [5, 5.41) is 16.0. The third kappa shape index (κ3) is 1.67. The highest BCUT2D eigenvalue weighted by Crippen LogP contribution is 2.83. The van der Waals surface area contributed by atoms with Crippen molar-refractivity contribution in [3.8, 4) is 11.5 Å². The summed E-state index contributed by atoms with van der Waals surface area (Å²) in [5.41, 5.74) is 1.44. The molecular formula is C26H35NO4. The molecule has 4 bridgehead atoms. The molecule has 1 aromatic rings. The van der Waals surface area contributed by atoms with E-state index in [9.17, 15) is 5.11 Å². The lowest BCUT2D eigenvalue weighted by Gasteiger charge is -2.69. The van der Waals surface area contributed by atoms with Crippen molar-refractivity contribution in [2.45, 2.75) is 94.1 Å². The lowest BCUT2D eigenvalue weighted by molar-refractivity contribution is -0.288. The number of fused-ring (bicyclic) bond motifs is 2. The van der Waals surface area contributed by atoms with Crippen LogP contribution in [0.1, 0.15) is 64.5 Å². The second kappa shape index (κ2) is 4.95. The maximum absolute atomic E-state index is 12.0. The third-order valence-electron chi connectivity index (χ3n) is 11.1. The lowest BCUT2D eigenvalue weighted by Crippen LogP contribution is -2.78. The van der Waals surface area contributed by atoms with Crippen molar-refractivity contribution in [1.29, 1.82) is 0 Å². The van der Waals surface area contributed by atoms with Crippen LogP contribution >= 0.6 is 0 Å². The zero-order valence-corrected chi connectivity index (χ0v) is 19.6. The first-order valence-electron chi connectivity index (χ1n) is 12.0. The van der Waals surface area contributed by atoms with Crippen molar-refractivity contribution < 1.29 is 19.3 Å². The Morgan fingerprint density at radius 3 is 2.61 bits per heavy atom. The highest BCUT2D eigenvalue weighted by atomic mass is 16.6. The van der Waals surface area contributed by atoms with E-state index in [1.165, 1.54) is 11.1 Å². The molecule has 5 aliphatic carbocycles. The van der Waals surface area contributed by atoms with Crippen LogP contribution in [0.3, 0.4) is 0 Å². The van der Waals surface area contributed by atoms with Crippen LogP contribution in [-0.2, 0) is 16.6 Å². The Morgan fingerprint density at radius 1 is 1.16 bits per heavy atom. The molecule has 7 aliphatic rings. The van der Waals surface area contributed by atoms with E-state index in [-0.39, 0.29) is 33.8 Å². The predicted molar refractivity (Wildman–Crippen MR) is 117 cm³/mol. The van der Waals surface area contributed by atoms with Gasteiger partial charge in [0.25, 0.3) is 0 Å². The molecule has 0 amide bonds. The van der Waals surface area contributed by atoms with Gasteiger partial charge in [-0.25, -0.2) is 0 Å². The van der Waals surface area contributed by atoms with Gasteiger partial charge in [-0.15, -0.1) is 0 Å². The zero-order valence-electron chi connectivity index (χ0n) is 19.6. The molecule has 1 aromatic carbocycles. The van der Waals surface area contributed by atoms with Gasteiger partial charge in [-0.1, -0.05) is 26.8 Å². The number of aliphatic hydroxyl groups is 1. The van der Waals surface area contributed by atoms with Crippen molar-refractivity contribution in [3.63, 3.8) is 0 Å². The normalized spacial score (nSPS) is 49.2. The molecule has 2 heterocycles. The quantitative estimate of drug-likeness (QED) is 0.727. The average molecular weight is 426 g/mol. The Morgan fingerprint density at radius 2 is 1.94 bits per heavy atom. The largest absolute Gasteiger partial charge is 0.493 e. The maximum Gasteiger partial charge on any atom is 0.165 e. The van der Waals surface area contributed by atoms with Crippen molar-refractivity contribution in [2.24, 2.45) is 16.7 Å². The molecule has 5 fully saturated rings. The molecule has 5 heteroatoms. The molecule has 8 atom stereocenters. The summed E-state index contributed by atoms with van der Waals surface area (Å²) in [6.07, 6.45) is 5.17. The molecule has 2 aliphatic heterocycles. The molecule has 168 valence electrons. The minimum Gasteiger partial charge on any atom is -0.493 e. The van der Waals surface area contributed by atoms with Crippen LogP contribution in [0.2, 0.25) is 0 Å². The van der Waals surface area contributed by atoms with Crippen LogP contribution in [0.25, 0.3) is 0 Å². The Bertz CT molecular complexity index is 1030. The van der Waals surface area contributed by atoms with E-state index >= 15 is 0 Å². The molecule has 31 heavy (non-hydrogen) atoms. The van der Waals surface area contributed by atoms with Crippen LogP contribution in [0.4, 0.5) is 0 Å². The van der Waals surface area contributed by atoms with E-state index in [1.54, 1.807) is 7.11 Å². The number of nitrogens with one attached hydrogen (secondary N) is 1. The Labute approximate surface area is 184 Å². The number of piperidine rings is 1. The van der Waals surface area contributed by atoms with E-state index in [4.69, 9.17) is 14.2 Å². The van der Waals surface area contributed by atoms with Gasteiger partial charge < -0.3 is 24.6 Å². The summed E-state index contributed by atoms with van der Waals surface area (Å²) in [6.45, 7) is 8.50. The van der Waals surface area contributed by atoms with Crippen LogP contribution in [0.15, 0.2) is 12.1 Å². The first kappa shape index (κ1) is 19.2. The number of methoxy groups -OCH3 is 2. The molecule has 3 spiro atoms. The molecule has 0 radical (unpaired) electrons. The zero-order chi connectivity index (χ0) is 21.8. The van der Waals surface area contributed by atoms with Crippen LogP contribution in [-0.4, -0.2) is 48.2 Å². The molecule has 6 unspecified atom stereocenters. The summed E-state index contributed by atoms with van der Waals surface area (Å²) >= 11 is 0. The fourth-order valence-corrected chi connectivity index (χ4v) is 9.39. The Kier molecular flexibility index (Phi) is 3.06. The third-order valence-corrected chi connectivity index (χ3v) is 11.1. The minimum absolute atomic E-state index is 0.0110. The van der Waals surface area contributed by atoms with Crippen molar-refractivity contribution >= 4 is 0 Å². The smallest absolute Gasteiger partial charge is 0.165 e. The highest BCUT2D eigenvalue weighted by Gasteiger charge is 2.90. The first-order valence-corrected chi connectivity index (χ1v) is 12.0. The van der Waals surface area contributed by atoms with Crippen LogP contribution in [0.5, 0.6) is 11.5 Å². The molecule has 0 aromatic heterocycles. The van der Waals surface area contributed by atoms with E-state index in [0.29, 0.717) is 6.04 Å². The van der Waals surface area contributed by atoms with E-state index in [0.717, 1.165) is 43.6 Å². The molecule has 5 nitrogen and oxygen atoms in total. The SMILES string of the molecule is COc1ccc2c3c1OC1C4(OC)CCC5(CC4C(C)(O)C(C)(C)C)C4N[C@]4(C2)C[C@]315. The summed E-state index contributed by atoms with van der Waals surface area (Å²) in [4.78, 5) is 0. The number of rotatable bonds is 3.